The van der Waals surface area contributed by atoms with Gasteiger partial charge in [-0.25, -0.2) is 8.42 Å². The molecule has 0 bridgehead atoms. The Bertz CT molecular complexity index is 790. The Kier molecular flexibility index (Phi) is 5.34. The number of amides is 1. The second kappa shape index (κ2) is 7.36. The molecule has 0 aromatic heterocycles. The molecule has 2 saturated heterocycles. The molecular formula is C18H24N2O5S. The van der Waals surface area contributed by atoms with E-state index >= 15 is 0 Å². The molecule has 0 aliphatic carbocycles. The molecule has 0 saturated carbocycles. The maximum atomic E-state index is 12.9. The topological polar surface area (TPSA) is 95.0 Å². The van der Waals surface area contributed by atoms with Crippen molar-refractivity contribution < 1.29 is 23.1 Å². The van der Waals surface area contributed by atoms with Crippen molar-refractivity contribution in [3.05, 3.63) is 29.8 Å². The second-order valence-corrected chi connectivity index (χ2v) is 9.06. The van der Waals surface area contributed by atoms with Crippen LogP contribution >= 0.6 is 0 Å². The van der Waals surface area contributed by atoms with Gasteiger partial charge in [-0.15, -0.1) is 0 Å². The van der Waals surface area contributed by atoms with E-state index in [1.165, 1.54) is 4.31 Å². The molecule has 1 aromatic carbocycles. The lowest BCUT2D eigenvalue weighted by Crippen LogP contribution is -2.46. The van der Waals surface area contributed by atoms with Crippen molar-refractivity contribution in [1.29, 1.82) is 0 Å². The van der Waals surface area contributed by atoms with Gasteiger partial charge in [0, 0.05) is 26.2 Å². The minimum absolute atomic E-state index is 0.127. The summed E-state index contributed by atoms with van der Waals surface area (Å²) in [5.74, 6) is -1.93. The Morgan fingerprint density at radius 2 is 1.73 bits per heavy atom. The van der Waals surface area contributed by atoms with Crippen LogP contribution in [0.4, 0.5) is 0 Å². The van der Waals surface area contributed by atoms with Crippen LogP contribution in [0.5, 0.6) is 0 Å². The predicted molar refractivity (Wildman–Crippen MR) is 95.0 cm³/mol. The second-order valence-electron chi connectivity index (χ2n) is 7.12. The largest absolute Gasteiger partial charge is 0.481 e. The number of rotatable bonds is 4. The highest BCUT2D eigenvalue weighted by atomic mass is 32.2. The average molecular weight is 380 g/mol. The maximum Gasteiger partial charge on any atom is 0.308 e. The Morgan fingerprint density at radius 1 is 1.04 bits per heavy atom. The Balaban J connectivity index is 1.70. The summed E-state index contributed by atoms with van der Waals surface area (Å²) in [7, 11) is -3.62. The van der Waals surface area contributed by atoms with Crippen LogP contribution in [0, 0.1) is 18.8 Å². The van der Waals surface area contributed by atoms with Crippen LogP contribution in [0.15, 0.2) is 29.2 Å². The molecule has 3 rings (SSSR count). The van der Waals surface area contributed by atoms with Gasteiger partial charge in [-0.1, -0.05) is 17.7 Å². The van der Waals surface area contributed by atoms with Crippen LogP contribution in [0.25, 0.3) is 0 Å². The van der Waals surface area contributed by atoms with Gasteiger partial charge in [-0.05, 0) is 38.3 Å². The summed E-state index contributed by atoms with van der Waals surface area (Å²) in [5, 5.41) is 9.09. The monoisotopic (exact) mass is 380 g/mol. The number of sulfonamides is 1. The summed E-state index contributed by atoms with van der Waals surface area (Å²) < 4.78 is 27.1. The molecule has 8 heteroatoms. The minimum Gasteiger partial charge on any atom is -0.481 e. The van der Waals surface area contributed by atoms with Gasteiger partial charge in [0.05, 0.1) is 16.7 Å². The fourth-order valence-electron chi connectivity index (χ4n) is 3.64. The number of piperidine rings is 1. The third kappa shape index (κ3) is 3.76. The van der Waals surface area contributed by atoms with E-state index in [-0.39, 0.29) is 23.9 Å². The highest BCUT2D eigenvalue weighted by molar-refractivity contribution is 7.89. The number of aliphatic carboxylic acids is 1. The van der Waals surface area contributed by atoms with Crippen LogP contribution in [0.2, 0.25) is 0 Å². The van der Waals surface area contributed by atoms with Gasteiger partial charge in [-0.2, -0.15) is 4.31 Å². The number of carboxylic acids is 1. The van der Waals surface area contributed by atoms with Gasteiger partial charge in [0.1, 0.15) is 0 Å². The van der Waals surface area contributed by atoms with Gasteiger partial charge in [0.15, 0.2) is 0 Å². The van der Waals surface area contributed by atoms with E-state index in [1.807, 2.05) is 6.92 Å². The molecule has 2 aliphatic heterocycles. The molecule has 2 fully saturated rings. The van der Waals surface area contributed by atoms with E-state index in [4.69, 9.17) is 5.11 Å². The van der Waals surface area contributed by atoms with Crippen LogP contribution in [0.1, 0.15) is 24.8 Å². The van der Waals surface area contributed by atoms with Crippen molar-refractivity contribution in [2.24, 2.45) is 11.8 Å². The first-order valence-corrected chi connectivity index (χ1v) is 10.3. The summed E-state index contributed by atoms with van der Waals surface area (Å²) in [4.78, 5) is 25.6. The number of aryl methyl sites for hydroxylation is 1. The number of hydrogen-bond acceptors (Lipinski definition) is 4. The fourth-order valence-corrected chi connectivity index (χ4v) is 5.17. The van der Waals surface area contributed by atoms with Gasteiger partial charge in [-0.3, -0.25) is 9.59 Å². The molecule has 0 spiro atoms. The summed E-state index contributed by atoms with van der Waals surface area (Å²) in [5.41, 5.74) is 0.984. The summed E-state index contributed by atoms with van der Waals surface area (Å²) in [6, 6.07) is 6.70. The Hall–Kier alpha value is -1.93. The molecule has 1 aromatic rings. The molecule has 1 amide bonds. The quantitative estimate of drug-likeness (QED) is 0.850. The zero-order valence-electron chi connectivity index (χ0n) is 14.8. The van der Waals surface area contributed by atoms with Crippen molar-refractivity contribution in [3.63, 3.8) is 0 Å². The molecule has 1 N–H and O–H groups in total. The molecular weight excluding hydrogens is 356 g/mol. The van der Waals surface area contributed by atoms with Crippen molar-refractivity contribution in [1.82, 2.24) is 9.21 Å². The van der Waals surface area contributed by atoms with E-state index < -0.39 is 27.8 Å². The van der Waals surface area contributed by atoms with Crippen LogP contribution < -0.4 is 0 Å². The first kappa shape index (κ1) is 18.8. The highest BCUT2D eigenvalue weighted by Crippen LogP contribution is 2.27. The molecule has 26 heavy (non-hydrogen) atoms. The van der Waals surface area contributed by atoms with Gasteiger partial charge < -0.3 is 10.0 Å². The lowest BCUT2D eigenvalue weighted by Gasteiger charge is -2.33. The predicted octanol–water partition coefficient (Wildman–Crippen LogP) is 1.33. The maximum absolute atomic E-state index is 12.9. The molecule has 0 radical (unpaired) electrons. The first-order chi connectivity index (χ1) is 12.3. The summed E-state index contributed by atoms with van der Waals surface area (Å²) in [6.45, 7) is 3.10. The third-order valence-corrected chi connectivity index (χ3v) is 7.12. The molecule has 7 nitrogen and oxygen atoms in total. The van der Waals surface area contributed by atoms with Gasteiger partial charge >= 0.3 is 5.97 Å². The Labute approximate surface area is 153 Å². The van der Waals surface area contributed by atoms with E-state index in [0.717, 1.165) is 5.56 Å². The molecule has 2 atom stereocenters. The average Bonchev–Trinajstić information content (AvgIpc) is 3.12. The normalized spacial score (nSPS) is 24.6. The standard InChI is InChI=1S/C18H24N2O5S/c1-13-4-6-16(7-5-13)26(24,25)20-9-2-3-14(12-20)17(21)19-10-8-15(11-19)18(22)23/h4-7,14-15H,2-3,8-12H2,1H3,(H,22,23). The SMILES string of the molecule is Cc1ccc(S(=O)(=O)N2CCCC(C(=O)N3CCC(C(=O)O)C3)C2)cc1. The van der Waals surface area contributed by atoms with Crippen LogP contribution in [-0.4, -0.2) is 60.8 Å². The lowest BCUT2D eigenvalue weighted by molar-refractivity contribution is -0.141. The van der Waals surface area contributed by atoms with Crippen molar-refractivity contribution in [3.8, 4) is 0 Å². The highest BCUT2D eigenvalue weighted by Gasteiger charge is 2.38. The third-order valence-electron chi connectivity index (χ3n) is 5.24. The number of benzene rings is 1. The number of hydrogen-bond donors (Lipinski definition) is 1. The molecule has 2 heterocycles. The van der Waals surface area contributed by atoms with Gasteiger partial charge in [0.25, 0.3) is 0 Å². The molecule has 2 unspecified atom stereocenters. The van der Waals surface area contributed by atoms with Crippen LogP contribution in [-0.2, 0) is 19.6 Å². The van der Waals surface area contributed by atoms with Crippen LogP contribution in [0.3, 0.4) is 0 Å². The number of carbonyl (C=O) groups is 2. The first-order valence-electron chi connectivity index (χ1n) is 8.87. The number of carboxylic acid groups (broad SMARTS) is 1. The van der Waals surface area contributed by atoms with Crippen molar-refractivity contribution >= 4 is 21.9 Å². The zero-order valence-corrected chi connectivity index (χ0v) is 15.6. The lowest BCUT2D eigenvalue weighted by atomic mass is 9.98. The minimum atomic E-state index is -3.62. The van der Waals surface area contributed by atoms with Crippen molar-refractivity contribution in [2.75, 3.05) is 26.2 Å². The zero-order chi connectivity index (χ0) is 18.9. The Morgan fingerprint density at radius 3 is 2.35 bits per heavy atom. The van der Waals surface area contributed by atoms with E-state index in [1.54, 1.807) is 29.2 Å². The number of carbonyl (C=O) groups excluding carboxylic acids is 1. The van der Waals surface area contributed by atoms with E-state index in [2.05, 4.69) is 0 Å². The number of nitrogens with zero attached hydrogens (tertiary/aromatic N) is 2. The summed E-state index contributed by atoms with van der Waals surface area (Å²) >= 11 is 0. The summed E-state index contributed by atoms with van der Waals surface area (Å²) in [6.07, 6.45) is 1.71. The fraction of sp³-hybridized carbons (Fsp3) is 0.556. The van der Waals surface area contributed by atoms with Gasteiger partial charge in [0.2, 0.25) is 15.9 Å². The van der Waals surface area contributed by atoms with E-state index in [9.17, 15) is 18.0 Å². The molecule has 2 aliphatic rings. The smallest absolute Gasteiger partial charge is 0.308 e. The van der Waals surface area contributed by atoms with E-state index in [0.29, 0.717) is 32.4 Å². The number of likely N-dealkylation sites (tertiary alicyclic amines) is 1. The molecule has 142 valence electrons. The van der Waals surface area contributed by atoms with Crippen molar-refractivity contribution in [2.45, 2.75) is 31.1 Å².